The molecule has 8 heteroatoms. The SMILES string of the molecule is CCOc1ccccc1Nc1nnc(SCCC(=O)Nc2ccccc2)s1. The average Bonchev–Trinajstić information content (AvgIpc) is 3.12. The topological polar surface area (TPSA) is 76.1 Å². The Morgan fingerprint density at radius 3 is 2.70 bits per heavy atom. The Balaban J connectivity index is 1.48. The second-order valence-corrected chi connectivity index (χ2v) is 7.76. The molecule has 140 valence electrons. The van der Waals surface area contributed by atoms with Crippen LogP contribution in [-0.4, -0.2) is 28.5 Å². The molecule has 0 aliphatic rings. The lowest BCUT2D eigenvalue weighted by Gasteiger charge is -2.09. The van der Waals surface area contributed by atoms with Crippen molar-refractivity contribution in [2.24, 2.45) is 0 Å². The first-order valence-corrected chi connectivity index (χ1v) is 10.3. The van der Waals surface area contributed by atoms with Gasteiger partial charge < -0.3 is 15.4 Å². The molecular formula is C19H20N4O2S2. The summed E-state index contributed by atoms with van der Waals surface area (Å²) in [6.45, 7) is 2.55. The number of anilines is 3. The van der Waals surface area contributed by atoms with Crippen LogP contribution in [0.25, 0.3) is 0 Å². The Labute approximate surface area is 166 Å². The smallest absolute Gasteiger partial charge is 0.225 e. The molecule has 27 heavy (non-hydrogen) atoms. The number of rotatable bonds is 9. The summed E-state index contributed by atoms with van der Waals surface area (Å²) in [6, 6.07) is 17.2. The standard InChI is InChI=1S/C19H20N4O2S2/c1-2-25-16-11-7-6-10-15(16)21-18-22-23-19(27-18)26-13-12-17(24)20-14-8-4-3-5-9-14/h3-11H,2,12-13H2,1H3,(H,20,24)(H,21,22). The Hall–Kier alpha value is -2.58. The summed E-state index contributed by atoms with van der Waals surface area (Å²) in [6.07, 6.45) is 0.412. The Morgan fingerprint density at radius 2 is 1.89 bits per heavy atom. The third-order valence-corrected chi connectivity index (χ3v) is 5.42. The average molecular weight is 401 g/mol. The van der Waals surface area contributed by atoms with Crippen LogP contribution in [0, 0.1) is 0 Å². The maximum atomic E-state index is 12.0. The highest BCUT2D eigenvalue weighted by Gasteiger charge is 2.09. The Morgan fingerprint density at radius 1 is 1.11 bits per heavy atom. The van der Waals surface area contributed by atoms with Gasteiger partial charge in [0, 0.05) is 17.9 Å². The third kappa shape index (κ3) is 5.97. The van der Waals surface area contributed by atoms with Gasteiger partial charge in [0.1, 0.15) is 5.75 Å². The van der Waals surface area contributed by atoms with Gasteiger partial charge in [0.15, 0.2) is 4.34 Å². The molecule has 0 spiro atoms. The number of thioether (sulfide) groups is 1. The second kappa shape index (κ2) is 9.94. The van der Waals surface area contributed by atoms with E-state index in [0.717, 1.165) is 21.5 Å². The lowest BCUT2D eigenvalue weighted by atomic mass is 10.3. The van der Waals surface area contributed by atoms with Crippen LogP contribution < -0.4 is 15.4 Å². The van der Waals surface area contributed by atoms with Crippen molar-refractivity contribution >= 4 is 45.5 Å². The molecule has 1 amide bonds. The van der Waals surface area contributed by atoms with E-state index in [2.05, 4.69) is 20.8 Å². The predicted octanol–water partition coefficient (Wildman–Crippen LogP) is 4.80. The number of carbonyl (C=O) groups excluding carboxylic acids is 1. The van der Waals surface area contributed by atoms with Crippen molar-refractivity contribution in [3.05, 3.63) is 54.6 Å². The molecule has 0 aliphatic heterocycles. The summed E-state index contributed by atoms with van der Waals surface area (Å²) in [7, 11) is 0. The van der Waals surface area contributed by atoms with Gasteiger partial charge in [-0.3, -0.25) is 4.79 Å². The van der Waals surface area contributed by atoms with Crippen molar-refractivity contribution in [2.45, 2.75) is 17.7 Å². The lowest BCUT2D eigenvalue weighted by Crippen LogP contribution is -2.11. The van der Waals surface area contributed by atoms with Gasteiger partial charge in [-0.05, 0) is 31.2 Å². The lowest BCUT2D eigenvalue weighted by molar-refractivity contribution is -0.115. The highest BCUT2D eigenvalue weighted by molar-refractivity contribution is 8.01. The molecule has 3 aromatic rings. The Kier molecular flexibility index (Phi) is 7.06. The van der Waals surface area contributed by atoms with Gasteiger partial charge in [-0.2, -0.15) is 0 Å². The summed E-state index contributed by atoms with van der Waals surface area (Å²) in [5.74, 6) is 1.41. The zero-order valence-electron chi connectivity index (χ0n) is 14.8. The van der Waals surface area contributed by atoms with Crippen LogP contribution in [0.3, 0.4) is 0 Å². The fourth-order valence-corrected chi connectivity index (χ4v) is 4.03. The summed E-state index contributed by atoms with van der Waals surface area (Å²) in [5.41, 5.74) is 1.66. The quantitative estimate of drug-likeness (QED) is 0.503. The molecule has 1 heterocycles. The van der Waals surface area contributed by atoms with E-state index in [0.29, 0.717) is 23.9 Å². The van der Waals surface area contributed by atoms with Gasteiger partial charge in [-0.15, -0.1) is 10.2 Å². The van der Waals surface area contributed by atoms with E-state index in [-0.39, 0.29) is 5.91 Å². The molecule has 0 radical (unpaired) electrons. The van der Waals surface area contributed by atoms with E-state index in [1.54, 1.807) is 0 Å². The molecule has 2 N–H and O–H groups in total. The Bertz CT molecular complexity index is 871. The molecule has 6 nitrogen and oxygen atoms in total. The van der Waals surface area contributed by atoms with E-state index >= 15 is 0 Å². The number of nitrogens with one attached hydrogen (secondary N) is 2. The van der Waals surface area contributed by atoms with E-state index in [9.17, 15) is 4.79 Å². The molecule has 1 aromatic heterocycles. The molecule has 0 saturated heterocycles. The van der Waals surface area contributed by atoms with Crippen LogP contribution in [0.5, 0.6) is 5.75 Å². The third-order valence-electron chi connectivity index (χ3n) is 3.45. The van der Waals surface area contributed by atoms with E-state index in [1.807, 2.05) is 61.5 Å². The number of hydrogen-bond acceptors (Lipinski definition) is 7. The monoisotopic (exact) mass is 400 g/mol. The van der Waals surface area contributed by atoms with Crippen molar-refractivity contribution in [3.63, 3.8) is 0 Å². The first kappa shape index (κ1) is 19.2. The van der Waals surface area contributed by atoms with Crippen molar-refractivity contribution in [3.8, 4) is 5.75 Å². The number of carbonyl (C=O) groups is 1. The molecule has 3 rings (SSSR count). The maximum Gasteiger partial charge on any atom is 0.225 e. The fraction of sp³-hybridized carbons (Fsp3) is 0.211. The molecule has 0 aliphatic carbocycles. The van der Waals surface area contributed by atoms with Gasteiger partial charge in [0.05, 0.1) is 12.3 Å². The number of benzene rings is 2. The van der Waals surface area contributed by atoms with Crippen molar-refractivity contribution in [2.75, 3.05) is 23.0 Å². The fourth-order valence-electron chi connectivity index (χ4n) is 2.26. The molecule has 0 unspecified atom stereocenters. The number of nitrogens with zero attached hydrogens (tertiary/aromatic N) is 2. The normalized spacial score (nSPS) is 10.4. The number of amides is 1. The van der Waals surface area contributed by atoms with E-state index < -0.39 is 0 Å². The zero-order valence-corrected chi connectivity index (χ0v) is 16.5. The second-order valence-electron chi connectivity index (χ2n) is 5.44. The van der Waals surface area contributed by atoms with Crippen LogP contribution >= 0.6 is 23.1 Å². The van der Waals surface area contributed by atoms with Crippen LogP contribution in [0.4, 0.5) is 16.5 Å². The molecular weight excluding hydrogens is 380 g/mol. The summed E-state index contributed by atoms with van der Waals surface area (Å²) >= 11 is 2.97. The first-order chi connectivity index (χ1) is 13.2. The first-order valence-electron chi connectivity index (χ1n) is 8.54. The summed E-state index contributed by atoms with van der Waals surface area (Å²) < 4.78 is 6.42. The number of aromatic nitrogens is 2. The van der Waals surface area contributed by atoms with Crippen molar-refractivity contribution in [1.29, 1.82) is 0 Å². The molecule has 0 saturated carbocycles. The van der Waals surface area contributed by atoms with E-state index in [4.69, 9.17) is 4.74 Å². The molecule has 0 atom stereocenters. The van der Waals surface area contributed by atoms with Crippen molar-refractivity contribution < 1.29 is 9.53 Å². The predicted molar refractivity (Wildman–Crippen MR) is 111 cm³/mol. The molecule has 2 aromatic carbocycles. The number of hydrogen-bond donors (Lipinski definition) is 2. The minimum Gasteiger partial charge on any atom is -0.492 e. The minimum atomic E-state index is -0.0118. The van der Waals surface area contributed by atoms with E-state index in [1.165, 1.54) is 23.1 Å². The molecule has 0 bridgehead atoms. The highest BCUT2D eigenvalue weighted by atomic mass is 32.2. The molecule has 0 fully saturated rings. The largest absolute Gasteiger partial charge is 0.492 e. The summed E-state index contributed by atoms with van der Waals surface area (Å²) in [5, 5.41) is 15.1. The van der Waals surface area contributed by atoms with Gasteiger partial charge >= 0.3 is 0 Å². The van der Waals surface area contributed by atoms with Gasteiger partial charge in [-0.1, -0.05) is 53.4 Å². The van der Waals surface area contributed by atoms with Crippen LogP contribution in [0.2, 0.25) is 0 Å². The van der Waals surface area contributed by atoms with Gasteiger partial charge in [0.2, 0.25) is 11.0 Å². The van der Waals surface area contributed by atoms with Crippen LogP contribution in [0.1, 0.15) is 13.3 Å². The summed E-state index contributed by atoms with van der Waals surface area (Å²) in [4.78, 5) is 12.0. The van der Waals surface area contributed by atoms with Crippen LogP contribution in [0.15, 0.2) is 58.9 Å². The van der Waals surface area contributed by atoms with Gasteiger partial charge in [-0.25, -0.2) is 0 Å². The maximum absolute atomic E-state index is 12.0. The number of ether oxygens (including phenoxy) is 1. The number of para-hydroxylation sites is 3. The minimum absolute atomic E-state index is 0.0118. The van der Waals surface area contributed by atoms with Crippen LogP contribution in [-0.2, 0) is 4.79 Å². The van der Waals surface area contributed by atoms with Crippen molar-refractivity contribution in [1.82, 2.24) is 10.2 Å². The highest BCUT2D eigenvalue weighted by Crippen LogP contribution is 2.31. The zero-order chi connectivity index (χ0) is 18.9. The van der Waals surface area contributed by atoms with Gasteiger partial charge in [0.25, 0.3) is 0 Å².